The zero-order chi connectivity index (χ0) is 12.3. The van der Waals surface area contributed by atoms with Gasteiger partial charge in [0.1, 0.15) is 0 Å². The molecule has 17 heavy (non-hydrogen) atoms. The molecule has 4 aliphatic carbocycles. The highest BCUT2D eigenvalue weighted by Crippen LogP contribution is 2.64. The maximum absolute atomic E-state index is 11.4. The van der Waals surface area contributed by atoms with Crippen molar-refractivity contribution in [2.45, 2.75) is 32.1 Å². The summed E-state index contributed by atoms with van der Waals surface area (Å²) in [6, 6.07) is 0. The molecule has 0 saturated heterocycles. The molecule has 4 saturated carbocycles. The second kappa shape index (κ2) is 3.80. The van der Waals surface area contributed by atoms with Crippen LogP contribution in [0.1, 0.15) is 32.1 Å². The van der Waals surface area contributed by atoms with E-state index in [1.807, 2.05) is 0 Å². The summed E-state index contributed by atoms with van der Waals surface area (Å²) in [5.74, 6) is 2.57. The fraction of sp³-hybridized carbons (Fsp3) is 1.00. The predicted molar refractivity (Wildman–Crippen MR) is 65.4 cm³/mol. The van der Waals surface area contributed by atoms with E-state index in [-0.39, 0.29) is 11.6 Å². The maximum Gasteiger partial charge on any atom is 0.326 e. The Morgan fingerprint density at radius 3 is 1.88 bits per heavy atom. The minimum Gasteiger partial charge on any atom is -0.330 e. The highest BCUT2D eigenvalue weighted by Gasteiger charge is 2.58. The fourth-order valence-corrected chi connectivity index (χ4v) is 6.57. The molecule has 0 unspecified atom stereocenters. The lowest BCUT2D eigenvalue weighted by atomic mass is 9.46. The molecule has 4 bridgehead atoms. The monoisotopic (exact) mass is 259 g/mol. The first-order valence-electron chi connectivity index (χ1n) is 6.67. The van der Waals surface area contributed by atoms with Crippen LogP contribution in [0.3, 0.4) is 0 Å². The van der Waals surface area contributed by atoms with Gasteiger partial charge in [-0.3, -0.25) is 4.57 Å². The average Bonchev–Trinajstić information content (AvgIpc) is 2.21. The van der Waals surface area contributed by atoms with Gasteiger partial charge in [0.15, 0.2) is 0 Å². The Bertz CT molecular complexity index is 337. The summed E-state index contributed by atoms with van der Waals surface area (Å²) in [4.78, 5) is 18.7. The number of hydrogen-bond acceptors (Lipinski definition) is 2. The Labute approximate surface area is 102 Å². The van der Waals surface area contributed by atoms with E-state index in [0.29, 0.717) is 18.4 Å². The summed E-state index contributed by atoms with van der Waals surface area (Å²) in [5.41, 5.74) is 5.70. The molecule has 0 atom stereocenters. The van der Waals surface area contributed by atoms with E-state index in [1.165, 1.54) is 6.42 Å². The zero-order valence-electron chi connectivity index (χ0n) is 10.1. The lowest BCUT2D eigenvalue weighted by Gasteiger charge is -2.61. The molecule has 4 aliphatic rings. The molecular weight excluding hydrogens is 237 g/mol. The van der Waals surface area contributed by atoms with E-state index in [1.54, 1.807) is 0 Å². The molecule has 0 aromatic carbocycles. The lowest BCUT2D eigenvalue weighted by molar-refractivity contribution is -0.0923. The molecule has 4 rings (SSSR count). The Hall–Kier alpha value is 0.110. The van der Waals surface area contributed by atoms with Crippen molar-refractivity contribution >= 4 is 7.60 Å². The third-order valence-electron chi connectivity index (χ3n) is 5.64. The van der Waals surface area contributed by atoms with Crippen molar-refractivity contribution in [3.05, 3.63) is 0 Å². The van der Waals surface area contributed by atoms with E-state index in [9.17, 15) is 14.4 Å². The van der Waals surface area contributed by atoms with Crippen molar-refractivity contribution in [2.24, 2.45) is 34.8 Å². The molecule has 5 heteroatoms. The van der Waals surface area contributed by atoms with Gasteiger partial charge in [-0.05, 0) is 67.7 Å². The van der Waals surface area contributed by atoms with Crippen LogP contribution in [0.5, 0.6) is 0 Å². The molecule has 0 radical (unpaired) electrons. The van der Waals surface area contributed by atoms with E-state index in [0.717, 1.165) is 37.5 Å². The summed E-state index contributed by atoms with van der Waals surface area (Å²) in [6.07, 6.45) is 6.00. The SMILES string of the molecule is NCC1(CP(=O)(O)O)C2CC3CC(C2)CC1C3. The minimum atomic E-state index is -3.96. The van der Waals surface area contributed by atoms with Crippen molar-refractivity contribution in [3.8, 4) is 0 Å². The van der Waals surface area contributed by atoms with Crippen LogP contribution < -0.4 is 5.73 Å². The van der Waals surface area contributed by atoms with Crippen LogP contribution in [0.2, 0.25) is 0 Å². The van der Waals surface area contributed by atoms with Gasteiger partial charge in [-0.1, -0.05) is 0 Å². The number of rotatable bonds is 3. The Kier molecular flexibility index (Phi) is 2.72. The van der Waals surface area contributed by atoms with Crippen molar-refractivity contribution in [1.82, 2.24) is 0 Å². The average molecular weight is 259 g/mol. The van der Waals surface area contributed by atoms with Crippen LogP contribution in [0.25, 0.3) is 0 Å². The second-order valence-corrected chi connectivity index (χ2v) is 8.21. The minimum absolute atomic E-state index is 0.0191. The Morgan fingerprint density at radius 1 is 1.06 bits per heavy atom. The van der Waals surface area contributed by atoms with Crippen LogP contribution in [0.15, 0.2) is 0 Å². The summed E-state index contributed by atoms with van der Waals surface area (Å²) in [6.45, 7) is 0.451. The van der Waals surface area contributed by atoms with Gasteiger partial charge < -0.3 is 15.5 Å². The molecule has 98 valence electrons. The van der Waals surface area contributed by atoms with Gasteiger partial charge in [-0.15, -0.1) is 0 Å². The quantitative estimate of drug-likeness (QED) is 0.672. The van der Waals surface area contributed by atoms with Crippen molar-refractivity contribution in [3.63, 3.8) is 0 Å². The summed E-state index contributed by atoms with van der Waals surface area (Å²) in [7, 11) is -3.96. The van der Waals surface area contributed by atoms with E-state index < -0.39 is 7.60 Å². The van der Waals surface area contributed by atoms with Gasteiger partial charge in [0, 0.05) is 0 Å². The summed E-state index contributed by atoms with van der Waals surface area (Å²) >= 11 is 0. The van der Waals surface area contributed by atoms with Gasteiger partial charge in [0.2, 0.25) is 0 Å². The summed E-state index contributed by atoms with van der Waals surface area (Å²) < 4.78 is 11.4. The highest BCUT2D eigenvalue weighted by molar-refractivity contribution is 7.51. The molecule has 0 aliphatic heterocycles. The second-order valence-electron chi connectivity index (χ2n) is 6.56. The first-order valence-corrected chi connectivity index (χ1v) is 8.47. The molecule has 0 aromatic heterocycles. The van der Waals surface area contributed by atoms with Crippen LogP contribution in [0.4, 0.5) is 0 Å². The smallest absolute Gasteiger partial charge is 0.326 e. The van der Waals surface area contributed by atoms with Crippen LogP contribution >= 0.6 is 7.60 Å². The Morgan fingerprint density at radius 2 is 1.53 bits per heavy atom. The van der Waals surface area contributed by atoms with Gasteiger partial charge >= 0.3 is 7.60 Å². The molecule has 0 amide bonds. The first-order chi connectivity index (χ1) is 7.93. The maximum atomic E-state index is 11.4. The van der Waals surface area contributed by atoms with Gasteiger partial charge in [-0.2, -0.15) is 0 Å². The van der Waals surface area contributed by atoms with Crippen molar-refractivity contribution < 1.29 is 14.4 Å². The molecule has 0 spiro atoms. The number of nitrogens with two attached hydrogens (primary N) is 1. The molecule has 4 N–H and O–H groups in total. The van der Waals surface area contributed by atoms with Gasteiger partial charge in [0.05, 0.1) is 6.16 Å². The Balaban J connectivity index is 1.92. The first kappa shape index (κ1) is 12.2. The summed E-state index contributed by atoms with van der Waals surface area (Å²) in [5, 5.41) is 0. The molecular formula is C12H22NO3P. The zero-order valence-corrected chi connectivity index (χ0v) is 11.0. The van der Waals surface area contributed by atoms with Crippen molar-refractivity contribution in [1.29, 1.82) is 0 Å². The van der Waals surface area contributed by atoms with E-state index in [4.69, 9.17) is 5.73 Å². The van der Waals surface area contributed by atoms with Crippen LogP contribution in [-0.2, 0) is 4.57 Å². The topological polar surface area (TPSA) is 83.6 Å². The van der Waals surface area contributed by atoms with Crippen LogP contribution in [0, 0.1) is 29.1 Å². The fourth-order valence-electron chi connectivity index (χ4n) is 5.16. The largest absolute Gasteiger partial charge is 0.330 e. The lowest BCUT2D eigenvalue weighted by Crippen LogP contribution is -2.57. The third kappa shape index (κ3) is 1.90. The van der Waals surface area contributed by atoms with E-state index >= 15 is 0 Å². The molecule has 4 fully saturated rings. The standard InChI is InChI=1S/C12H22NO3P/c13-6-12(7-17(14,15)16)10-2-8-1-9(4-10)5-11(12)3-8/h8-11H,1-7,13H2,(H2,14,15,16). The normalized spacial score (nSPS) is 48.6. The van der Waals surface area contributed by atoms with Crippen molar-refractivity contribution in [2.75, 3.05) is 12.7 Å². The molecule has 0 heterocycles. The predicted octanol–water partition coefficient (Wildman–Crippen LogP) is 1.57. The molecule has 4 nitrogen and oxygen atoms in total. The highest BCUT2D eigenvalue weighted by atomic mass is 31.2. The number of hydrogen-bond donors (Lipinski definition) is 3. The third-order valence-corrected chi connectivity index (χ3v) is 6.65. The van der Waals surface area contributed by atoms with Gasteiger partial charge in [-0.25, -0.2) is 0 Å². The molecule has 0 aromatic rings. The van der Waals surface area contributed by atoms with Crippen LogP contribution in [-0.4, -0.2) is 22.5 Å². The van der Waals surface area contributed by atoms with Gasteiger partial charge in [0.25, 0.3) is 0 Å². The van der Waals surface area contributed by atoms with E-state index in [2.05, 4.69) is 0 Å².